The lowest BCUT2D eigenvalue weighted by Crippen LogP contribution is -2.22. The van der Waals surface area contributed by atoms with Gasteiger partial charge in [0.15, 0.2) is 11.5 Å². The second-order valence-electron chi connectivity index (χ2n) is 7.38. The summed E-state index contributed by atoms with van der Waals surface area (Å²) in [5.41, 5.74) is 4.81. The van der Waals surface area contributed by atoms with Crippen molar-refractivity contribution < 1.29 is 0 Å². The molecule has 0 unspecified atom stereocenters. The molecular formula is C27H31N5. The molecule has 0 bridgehead atoms. The molecule has 32 heavy (non-hydrogen) atoms. The third-order valence-electron chi connectivity index (χ3n) is 4.75. The molecule has 2 aromatic heterocycles. The molecule has 0 saturated carbocycles. The Morgan fingerprint density at radius 2 is 1.84 bits per heavy atom. The maximum atomic E-state index is 4.62. The number of anilines is 3. The number of nitrogens with one attached hydrogen (secondary N) is 2. The van der Waals surface area contributed by atoms with Gasteiger partial charge in [-0.2, -0.15) is 0 Å². The van der Waals surface area contributed by atoms with E-state index in [1.807, 2.05) is 67.2 Å². The van der Waals surface area contributed by atoms with Gasteiger partial charge < -0.3 is 10.6 Å². The fourth-order valence-corrected chi connectivity index (χ4v) is 3.24. The van der Waals surface area contributed by atoms with E-state index in [2.05, 4.69) is 65.3 Å². The number of hydrogen-bond acceptors (Lipinski definition) is 4. The maximum absolute atomic E-state index is 4.62. The molecule has 4 rings (SSSR count). The number of fused-ring (bicyclic) bond motifs is 1. The second-order valence-corrected chi connectivity index (χ2v) is 7.38. The molecule has 4 aromatic rings. The first kappa shape index (κ1) is 22.8. The Kier molecular flexibility index (Phi) is 7.81. The standard InChI is InChI=1S/C24H23N5.C3H8/c1-4-5-7-18-10-11-19(14-17(18)2)22-16-27-24-23(26-12-13-29(22)24)28-21-9-6-8-20(15-21)25-3;1-3-2/h4-16,25H,2H2,1,3H3,(H,26,28);3H2,1-2H3/b5-4-,18-7-;. The number of benzene rings is 2. The van der Waals surface area contributed by atoms with Crippen molar-refractivity contribution in [2.75, 3.05) is 17.7 Å². The monoisotopic (exact) mass is 425 g/mol. The molecule has 0 amide bonds. The zero-order valence-electron chi connectivity index (χ0n) is 19.3. The van der Waals surface area contributed by atoms with Crippen molar-refractivity contribution in [1.29, 1.82) is 0 Å². The molecule has 164 valence electrons. The van der Waals surface area contributed by atoms with Gasteiger partial charge in [-0.15, -0.1) is 0 Å². The molecule has 0 atom stereocenters. The molecule has 0 aliphatic rings. The summed E-state index contributed by atoms with van der Waals surface area (Å²) in [5.74, 6) is 0.708. The van der Waals surface area contributed by atoms with Crippen LogP contribution in [0.2, 0.25) is 0 Å². The summed E-state index contributed by atoms with van der Waals surface area (Å²) in [7, 11) is 1.90. The number of allylic oxidation sites excluding steroid dienone is 2. The van der Waals surface area contributed by atoms with E-state index in [1.54, 1.807) is 6.20 Å². The Morgan fingerprint density at radius 1 is 1.06 bits per heavy atom. The Balaban J connectivity index is 0.000000913. The molecule has 0 spiro atoms. The predicted molar refractivity (Wildman–Crippen MR) is 138 cm³/mol. The Morgan fingerprint density at radius 3 is 2.56 bits per heavy atom. The van der Waals surface area contributed by atoms with E-state index in [0.29, 0.717) is 5.82 Å². The van der Waals surface area contributed by atoms with E-state index < -0.39 is 0 Å². The van der Waals surface area contributed by atoms with Gasteiger partial charge in [0.1, 0.15) is 0 Å². The molecule has 0 aliphatic carbocycles. The molecular weight excluding hydrogens is 394 g/mol. The van der Waals surface area contributed by atoms with Crippen LogP contribution < -0.4 is 21.1 Å². The van der Waals surface area contributed by atoms with Gasteiger partial charge in [-0.3, -0.25) is 4.40 Å². The van der Waals surface area contributed by atoms with Gasteiger partial charge in [-0.1, -0.05) is 63.3 Å². The lowest BCUT2D eigenvalue weighted by Gasteiger charge is -2.09. The minimum absolute atomic E-state index is 0.708. The van der Waals surface area contributed by atoms with E-state index >= 15 is 0 Å². The van der Waals surface area contributed by atoms with E-state index in [0.717, 1.165) is 38.7 Å². The molecule has 0 aliphatic heterocycles. The van der Waals surface area contributed by atoms with Gasteiger partial charge in [0.05, 0.1) is 11.9 Å². The molecule has 2 aromatic carbocycles. The minimum atomic E-state index is 0.708. The highest BCUT2D eigenvalue weighted by atomic mass is 15.1. The average Bonchev–Trinajstić information content (AvgIpc) is 3.24. The normalized spacial score (nSPS) is 11.4. The smallest absolute Gasteiger partial charge is 0.180 e. The van der Waals surface area contributed by atoms with Crippen LogP contribution >= 0.6 is 0 Å². The zero-order valence-corrected chi connectivity index (χ0v) is 19.3. The van der Waals surface area contributed by atoms with Gasteiger partial charge in [0.2, 0.25) is 0 Å². The minimum Gasteiger partial charge on any atom is -0.388 e. The summed E-state index contributed by atoms with van der Waals surface area (Å²) >= 11 is 0. The highest BCUT2D eigenvalue weighted by Crippen LogP contribution is 2.25. The number of nitrogens with zero attached hydrogens (tertiary/aromatic N) is 3. The van der Waals surface area contributed by atoms with E-state index in [-0.39, 0.29) is 0 Å². The van der Waals surface area contributed by atoms with Crippen molar-refractivity contribution in [1.82, 2.24) is 14.4 Å². The summed E-state index contributed by atoms with van der Waals surface area (Å²) < 4.78 is 2.04. The predicted octanol–water partition coefficient (Wildman–Crippen LogP) is 5.36. The van der Waals surface area contributed by atoms with Crippen LogP contribution in [0.4, 0.5) is 17.2 Å². The maximum Gasteiger partial charge on any atom is 0.180 e. The molecule has 5 nitrogen and oxygen atoms in total. The number of rotatable bonds is 5. The fraction of sp³-hybridized carbons (Fsp3) is 0.185. The topological polar surface area (TPSA) is 54.2 Å². The van der Waals surface area contributed by atoms with Crippen LogP contribution in [-0.4, -0.2) is 21.4 Å². The summed E-state index contributed by atoms with van der Waals surface area (Å²) in [6.45, 7) is 10.4. The molecule has 2 N–H and O–H groups in total. The quantitative estimate of drug-likeness (QED) is 0.452. The second kappa shape index (κ2) is 11.0. The molecule has 2 heterocycles. The molecule has 0 fully saturated rings. The lowest BCUT2D eigenvalue weighted by atomic mass is 10.1. The van der Waals surface area contributed by atoms with Gasteiger partial charge >= 0.3 is 0 Å². The van der Waals surface area contributed by atoms with E-state index in [4.69, 9.17) is 0 Å². The highest BCUT2D eigenvalue weighted by Gasteiger charge is 2.10. The van der Waals surface area contributed by atoms with Crippen LogP contribution in [-0.2, 0) is 0 Å². The molecule has 5 heteroatoms. The number of aromatic nitrogens is 3. The van der Waals surface area contributed by atoms with Crippen LogP contribution in [0.1, 0.15) is 27.2 Å². The highest BCUT2D eigenvalue weighted by molar-refractivity contribution is 5.75. The van der Waals surface area contributed by atoms with Gasteiger partial charge in [-0.05, 0) is 41.6 Å². The first-order valence-electron chi connectivity index (χ1n) is 10.9. The van der Waals surface area contributed by atoms with Crippen LogP contribution in [0.5, 0.6) is 0 Å². The SMILES string of the molecule is C=c1cc(-c2cnc3c(Nc4cccc(NC)c4)nccn23)cc/c1=C/C=C\C.CCC. The Hall–Kier alpha value is -3.86. The average molecular weight is 426 g/mol. The summed E-state index contributed by atoms with van der Waals surface area (Å²) in [6.07, 6.45) is 12.9. The summed E-state index contributed by atoms with van der Waals surface area (Å²) in [6, 6.07) is 14.3. The molecule has 0 radical (unpaired) electrons. The van der Waals surface area contributed by atoms with Crippen molar-refractivity contribution in [3.05, 3.63) is 83.6 Å². The molecule has 0 saturated heterocycles. The third kappa shape index (κ3) is 5.24. The Bertz CT molecular complexity index is 1320. The van der Waals surface area contributed by atoms with Crippen molar-refractivity contribution in [3.8, 4) is 11.3 Å². The number of hydrogen-bond donors (Lipinski definition) is 2. The first-order valence-corrected chi connectivity index (χ1v) is 10.9. The third-order valence-corrected chi connectivity index (χ3v) is 4.75. The van der Waals surface area contributed by atoms with Crippen LogP contribution in [0, 0.1) is 0 Å². The summed E-state index contributed by atoms with van der Waals surface area (Å²) in [4.78, 5) is 9.11. The van der Waals surface area contributed by atoms with Crippen LogP contribution in [0.3, 0.4) is 0 Å². The van der Waals surface area contributed by atoms with Crippen LogP contribution in [0.25, 0.3) is 29.6 Å². The lowest BCUT2D eigenvalue weighted by molar-refractivity contribution is 1.09. The van der Waals surface area contributed by atoms with Crippen molar-refractivity contribution >= 4 is 35.5 Å². The van der Waals surface area contributed by atoms with Gasteiger partial charge in [-0.25, -0.2) is 9.97 Å². The van der Waals surface area contributed by atoms with Crippen molar-refractivity contribution in [2.45, 2.75) is 27.2 Å². The summed E-state index contributed by atoms with van der Waals surface area (Å²) in [5, 5.41) is 8.60. The largest absolute Gasteiger partial charge is 0.388 e. The Labute approximate surface area is 189 Å². The van der Waals surface area contributed by atoms with Crippen molar-refractivity contribution in [2.24, 2.45) is 0 Å². The zero-order chi connectivity index (χ0) is 22.9. The van der Waals surface area contributed by atoms with Crippen LogP contribution in [0.15, 0.2) is 73.2 Å². The van der Waals surface area contributed by atoms with E-state index in [9.17, 15) is 0 Å². The fourth-order valence-electron chi connectivity index (χ4n) is 3.24. The first-order chi connectivity index (χ1) is 15.6. The van der Waals surface area contributed by atoms with Crippen molar-refractivity contribution in [3.63, 3.8) is 0 Å². The van der Waals surface area contributed by atoms with E-state index in [1.165, 1.54) is 6.42 Å². The van der Waals surface area contributed by atoms with Gasteiger partial charge in [0.25, 0.3) is 0 Å². The van der Waals surface area contributed by atoms with Gasteiger partial charge in [0, 0.05) is 36.4 Å². The number of imidazole rings is 1.